The Labute approximate surface area is 184 Å². The van der Waals surface area contributed by atoms with E-state index in [4.69, 9.17) is 9.16 Å². The van der Waals surface area contributed by atoms with Gasteiger partial charge in [0.25, 0.3) is 5.69 Å². The number of carbonyl (C=O) groups excluding carboxylic acids is 1. The van der Waals surface area contributed by atoms with Crippen molar-refractivity contribution < 1.29 is 29.1 Å². The third-order valence-electron chi connectivity index (χ3n) is 6.19. The molecule has 0 unspecified atom stereocenters. The topological polar surface area (TPSA) is 122 Å². The molecule has 0 aromatic heterocycles. The first-order chi connectivity index (χ1) is 14.4. The lowest BCUT2D eigenvalue weighted by molar-refractivity contribution is -0.384. The number of hydrogen-bond acceptors (Lipinski definition) is 7. The summed E-state index contributed by atoms with van der Waals surface area (Å²) in [5.41, 5.74) is 0.590. The number of likely N-dealkylation sites (tertiary alicyclic amines) is 1. The van der Waals surface area contributed by atoms with Crippen LogP contribution in [0.15, 0.2) is 24.3 Å². The Morgan fingerprint density at radius 3 is 2.45 bits per heavy atom. The van der Waals surface area contributed by atoms with Gasteiger partial charge in [-0.05, 0) is 48.7 Å². The highest BCUT2D eigenvalue weighted by atomic mass is 28.4. The molecule has 9 nitrogen and oxygen atoms in total. The lowest BCUT2D eigenvalue weighted by Crippen LogP contribution is -2.45. The van der Waals surface area contributed by atoms with Crippen LogP contribution in [0.5, 0.6) is 0 Å². The monoisotopic (exact) mass is 454 g/mol. The van der Waals surface area contributed by atoms with Crippen molar-refractivity contribution >= 4 is 20.1 Å². The molecule has 1 heterocycles. The maximum Gasteiger partial charge on any atom is 0.410 e. The Balaban J connectivity index is 2.07. The second-order valence-electron chi connectivity index (χ2n) is 9.51. The van der Waals surface area contributed by atoms with Gasteiger partial charge in [-0.2, -0.15) is 0 Å². The first-order valence-electron chi connectivity index (χ1n) is 10.5. The highest BCUT2D eigenvalue weighted by molar-refractivity contribution is 6.74. The number of aliphatic hydroxyl groups excluding tert-OH is 2. The Kier molecular flexibility index (Phi) is 8.20. The second kappa shape index (κ2) is 10.1. The molecule has 31 heavy (non-hydrogen) atoms. The second-order valence-corrected chi connectivity index (χ2v) is 14.3. The molecule has 1 aromatic rings. The van der Waals surface area contributed by atoms with Gasteiger partial charge in [-0.1, -0.05) is 20.8 Å². The van der Waals surface area contributed by atoms with Crippen molar-refractivity contribution in [2.75, 3.05) is 13.2 Å². The summed E-state index contributed by atoms with van der Waals surface area (Å²) in [6.07, 6.45) is -1.05. The maximum atomic E-state index is 12.8. The van der Waals surface area contributed by atoms with Gasteiger partial charge in [-0.3, -0.25) is 15.0 Å². The van der Waals surface area contributed by atoms with Crippen molar-refractivity contribution in [1.29, 1.82) is 0 Å². The van der Waals surface area contributed by atoms with Crippen LogP contribution in [0.2, 0.25) is 18.1 Å². The van der Waals surface area contributed by atoms with Gasteiger partial charge in [0.1, 0.15) is 6.61 Å². The SMILES string of the molecule is CC(C)(C)[Si](C)(C)O[C@@H]1C[C@@H]([C@H](O)CCO)N(C(=O)OCc2ccc([N+](=O)[O-])cc2)C1. The molecule has 1 aromatic carbocycles. The summed E-state index contributed by atoms with van der Waals surface area (Å²) >= 11 is 0. The smallest absolute Gasteiger partial charge is 0.410 e. The van der Waals surface area contributed by atoms with E-state index in [1.165, 1.54) is 29.2 Å². The highest BCUT2D eigenvalue weighted by Crippen LogP contribution is 2.39. The van der Waals surface area contributed by atoms with Crippen LogP contribution < -0.4 is 0 Å². The van der Waals surface area contributed by atoms with E-state index < -0.39 is 31.5 Å². The highest BCUT2D eigenvalue weighted by Gasteiger charge is 2.45. The first kappa shape index (κ1) is 25.2. The van der Waals surface area contributed by atoms with Crippen LogP contribution in [0.3, 0.4) is 0 Å². The van der Waals surface area contributed by atoms with Crippen molar-refractivity contribution in [2.45, 2.75) is 76.6 Å². The molecule has 174 valence electrons. The minimum atomic E-state index is -2.07. The summed E-state index contributed by atoms with van der Waals surface area (Å²) < 4.78 is 11.9. The van der Waals surface area contributed by atoms with Crippen molar-refractivity contribution in [3.63, 3.8) is 0 Å². The number of nitrogens with zero attached hydrogens (tertiary/aromatic N) is 2. The van der Waals surface area contributed by atoms with E-state index >= 15 is 0 Å². The van der Waals surface area contributed by atoms with E-state index in [9.17, 15) is 25.1 Å². The fourth-order valence-electron chi connectivity index (χ4n) is 3.35. The molecule has 1 fully saturated rings. The van der Waals surface area contributed by atoms with Crippen molar-refractivity contribution in [3.05, 3.63) is 39.9 Å². The predicted molar refractivity (Wildman–Crippen MR) is 118 cm³/mol. The quantitative estimate of drug-likeness (QED) is 0.350. The Morgan fingerprint density at radius 1 is 1.32 bits per heavy atom. The van der Waals surface area contributed by atoms with Gasteiger partial charge in [-0.25, -0.2) is 4.79 Å². The van der Waals surface area contributed by atoms with Gasteiger partial charge >= 0.3 is 6.09 Å². The van der Waals surface area contributed by atoms with E-state index in [-0.39, 0.29) is 36.5 Å². The van der Waals surface area contributed by atoms with E-state index in [1.807, 2.05) is 0 Å². The van der Waals surface area contributed by atoms with Crippen LogP contribution in [0, 0.1) is 10.1 Å². The molecule has 3 atom stereocenters. The normalized spacial score (nSPS) is 20.5. The summed E-state index contributed by atoms with van der Waals surface area (Å²) in [5, 5.41) is 30.5. The summed E-state index contributed by atoms with van der Waals surface area (Å²) in [4.78, 5) is 24.5. The first-order valence-corrected chi connectivity index (χ1v) is 13.4. The lowest BCUT2D eigenvalue weighted by Gasteiger charge is -2.38. The summed E-state index contributed by atoms with van der Waals surface area (Å²) in [6, 6.07) is 5.28. The molecule has 0 radical (unpaired) electrons. The van der Waals surface area contributed by atoms with Crippen molar-refractivity contribution in [1.82, 2.24) is 4.90 Å². The van der Waals surface area contributed by atoms with Gasteiger partial charge in [0, 0.05) is 25.3 Å². The average Bonchev–Trinajstić information content (AvgIpc) is 3.09. The number of non-ortho nitro benzene ring substituents is 1. The number of nitro groups is 1. The number of benzene rings is 1. The van der Waals surface area contributed by atoms with Crippen LogP contribution in [0.25, 0.3) is 0 Å². The Morgan fingerprint density at radius 2 is 1.94 bits per heavy atom. The number of nitro benzene ring substituents is 1. The zero-order chi connectivity index (χ0) is 23.4. The zero-order valence-corrected chi connectivity index (χ0v) is 19.9. The summed E-state index contributed by atoms with van der Waals surface area (Å²) in [6.45, 7) is 10.8. The molecule has 0 spiro atoms. The van der Waals surface area contributed by atoms with Gasteiger partial charge < -0.3 is 19.4 Å². The summed E-state index contributed by atoms with van der Waals surface area (Å²) in [5.74, 6) is 0. The third-order valence-corrected chi connectivity index (χ3v) is 10.7. The number of aliphatic hydroxyl groups is 2. The molecule has 0 bridgehead atoms. The minimum Gasteiger partial charge on any atom is -0.445 e. The van der Waals surface area contributed by atoms with Crippen LogP contribution >= 0.6 is 0 Å². The number of hydrogen-bond donors (Lipinski definition) is 2. The Bertz CT molecular complexity index is 764. The van der Waals surface area contributed by atoms with Crippen molar-refractivity contribution in [2.24, 2.45) is 0 Å². The van der Waals surface area contributed by atoms with E-state index in [1.54, 1.807) is 0 Å². The van der Waals surface area contributed by atoms with Gasteiger partial charge in [0.15, 0.2) is 8.32 Å². The van der Waals surface area contributed by atoms with E-state index in [0.29, 0.717) is 18.5 Å². The summed E-state index contributed by atoms with van der Waals surface area (Å²) in [7, 11) is -2.07. The number of amides is 1. The largest absolute Gasteiger partial charge is 0.445 e. The van der Waals surface area contributed by atoms with Gasteiger partial charge in [-0.15, -0.1) is 0 Å². The average molecular weight is 455 g/mol. The number of ether oxygens (including phenoxy) is 1. The van der Waals surface area contributed by atoms with E-state index in [2.05, 4.69) is 33.9 Å². The molecule has 0 aliphatic carbocycles. The lowest BCUT2D eigenvalue weighted by atomic mass is 10.1. The van der Waals surface area contributed by atoms with Gasteiger partial charge in [0.2, 0.25) is 0 Å². The maximum absolute atomic E-state index is 12.8. The van der Waals surface area contributed by atoms with Gasteiger partial charge in [0.05, 0.1) is 23.2 Å². The zero-order valence-electron chi connectivity index (χ0n) is 18.9. The molecular weight excluding hydrogens is 420 g/mol. The molecule has 10 heteroatoms. The molecule has 0 saturated carbocycles. The molecule has 1 aliphatic rings. The molecule has 1 amide bonds. The molecule has 1 saturated heterocycles. The fraction of sp³-hybridized carbons (Fsp3) is 0.667. The molecule has 1 aliphatic heterocycles. The van der Waals surface area contributed by atoms with Crippen LogP contribution in [0.4, 0.5) is 10.5 Å². The fourth-order valence-corrected chi connectivity index (χ4v) is 4.70. The molecule has 2 rings (SSSR count). The van der Waals surface area contributed by atoms with Crippen LogP contribution in [-0.4, -0.2) is 65.8 Å². The van der Waals surface area contributed by atoms with Crippen LogP contribution in [-0.2, 0) is 15.8 Å². The predicted octanol–water partition coefficient (Wildman–Crippen LogP) is 3.44. The van der Waals surface area contributed by atoms with Crippen LogP contribution in [0.1, 0.15) is 39.2 Å². The minimum absolute atomic E-state index is 0.00998. The Hall–Kier alpha value is -2.01. The standard InChI is InChI=1S/C21H34N2O7Si/c1-21(2,3)31(4,5)30-17-12-18(19(25)10-11-24)22(13-17)20(26)29-14-15-6-8-16(9-7-15)23(27)28/h6-9,17-19,24-25H,10-14H2,1-5H3/t17-,18+,19-/m1/s1. The molecular formula is C21H34N2O7Si. The number of rotatable bonds is 8. The van der Waals surface area contributed by atoms with Crippen molar-refractivity contribution in [3.8, 4) is 0 Å². The van der Waals surface area contributed by atoms with E-state index in [0.717, 1.165) is 0 Å². The number of carbonyl (C=O) groups is 1. The third kappa shape index (κ3) is 6.48. The molecule has 2 N–H and O–H groups in total.